The van der Waals surface area contributed by atoms with Crippen LogP contribution in [0.2, 0.25) is 0 Å². The van der Waals surface area contributed by atoms with E-state index in [1.165, 1.54) is 43.7 Å². The molecule has 1 aliphatic heterocycles. The van der Waals surface area contributed by atoms with Gasteiger partial charge >= 0.3 is 5.97 Å². The quantitative estimate of drug-likeness (QED) is 0.0718. The van der Waals surface area contributed by atoms with Crippen LogP contribution in [-0.2, 0) is 29.8 Å². The Morgan fingerprint density at radius 2 is 1.78 bits per heavy atom. The lowest BCUT2D eigenvalue weighted by Gasteiger charge is -2.47. The van der Waals surface area contributed by atoms with E-state index < -0.39 is 44.0 Å². The van der Waals surface area contributed by atoms with Gasteiger partial charge in [-0.25, -0.2) is 17.6 Å². The Morgan fingerprint density at radius 1 is 1.12 bits per heavy atom. The molecule has 12 heteroatoms. The van der Waals surface area contributed by atoms with Gasteiger partial charge in [-0.05, 0) is 41.5 Å². The van der Waals surface area contributed by atoms with Gasteiger partial charge in [-0.15, -0.1) is 11.6 Å². The molecule has 214 valence electrons. The highest BCUT2D eigenvalue weighted by Gasteiger charge is 2.55. The molecule has 3 atom stereocenters. The number of alkyl halides is 1. The summed E-state index contributed by atoms with van der Waals surface area (Å²) < 4.78 is 51.4. The van der Waals surface area contributed by atoms with Crippen LogP contribution >= 0.6 is 22.4 Å². The predicted molar refractivity (Wildman–Crippen MR) is 156 cm³/mol. The zero-order valence-corrected chi connectivity index (χ0v) is 24.2. The maximum Gasteiger partial charge on any atom is 0.333 e. The summed E-state index contributed by atoms with van der Waals surface area (Å²) in [6.07, 6.45) is 1.17. The molecule has 3 unspecified atom stereocenters. The van der Waals surface area contributed by atoms with Gasteiger partial charge in [0.05, 0.1) is 12.0 Å². The first-order valence-electron chi connectivity index (χ1n) is 12.3. The Hall–Kier alpha value is -3.67. The van der Waals surface area contributed by atoms with Crippen LogP contribution in [0, 0.1) is 5.82 Å². The zero-order valence-electron chi connectivity index (χ0n) is 21.9. The van der Waals surface area contributed by atoms with Crippen molar-refractivity contribution in [1.82, 2.24) is 4.90 Å². The fraction of sp³-hybridized carbons (Fsp3) is 0.207. The van der Waals surface area contributed by atoms with E-state index in [1.807, 2.05) is 0 Å². The number of amides is 1. The summed E-state index contributed by atoms with van der Waals surface area (Å²) in [7, 11) is -2.02. The molecule has 1 fully saturated rings. The van der Waals surface area contributed by atoms with Crippen molar-refractivity contribution in [2.45, 2.75) is 29.0 Å². The molecule has 0 aromatic heterocycles. The van der Waals surface area contributed by atoms with E-state index in [0.29, 0.717) is 22.1 Å². The third-order valence-corrected chi connectivity index (χ3v) is 10.2. The van der Waals surface area contributed by atoms with Crippen molar-refractivity contribution in [2.24, 2.45) is 4.99 Å². The summed E-state index contributed by atoms with van der Waals surface area (Å²) in [6, 6.07) is 17.7. The Morgan fingerprint density at radius 3 is 2.41 bits per heavy atom. The molecule has 41 heavy (non-hydrogen) atoms. The topological polar surface area (TPSA) is 102 Å². The fourth-order valence-corrected chi connectivity index (χ4v) is 7.66. The van der Waals surface area contributed by atoms with Crippen molar-refractivity contribution in [1.29, 1.82) is 0 Å². The summed E-state index contributed by atoms with van der Waals surface area (Å²) in [4.78, 5) is 32.0. The normalized spacial score (nSPS) is 17.6. The van der Waals surface area contributed by atoms with Gasteiger partial charge in [-0.2, -0.15) is 0 Å². The zero-order chi connectivity index (χ0) is 29.6. The second-order valence-corrected chi connectivity index (χ2v) is 13.1. The SMILES string of the molecule is C=C(CCl)C(C(=O)OCc1ccc(OC)cc1)N1C(=O)C(N=Cc2ccccc2F)C1SS(=O)(=O)c1ccccc1. The number of rotatable bonds is 12. The molecular formula is C29H26ClFN2O6S2. The van der Waals surface area contributed by atoms with E-state index in [9.17, 15) is 22.4 Å². The van der Waals surface area contributed by atoms with Gasteiger partial charge in [0.25, 0.3) is 5.91 Å². The molecule has 1 saturated heterocycles. The average molecular weight is 617 g/mol. The van der Waals surface area contributed by atoms with E-state index in [2.05, 4.69) is 11.6 Å². The largest absolute Gasteiger partial charge is 0.497 e. The van der Waals surface area contributed by atoms with E-state index in [4.69, 9.17) is 21.1 Å². The number of aliphatic imine (C=N–C) groups is 1. The van der Waals surface area contributed by atoms with E-state index in [0.717, 1.165) is 4.90 Å². The second-order valence-electron chi connectivity index (χ2n) is 8.89. The molecule has 4 rings (SSSR count). The monoisotopic (exact) mass is 616 g/mol. The van der Waals surface area contributed by atoms with Crippen LogP contribution in [0.25, 0.3) is 0 Å². The highest BCUT2D eigenvalue weighted by Crippen LogP contribution is 2.41. The van der Waals surface area contributed by atoms with Gasteiger partial charge in [0.15, 0.2) is 12.1 Å². The van der Waals surface area contributed by atoms with E-state index in [1.54, 1.807) is 48.5 Å². The van der Waals surface area contributed by atoms with Gasteiger partial charge in [-0.3, -0.25) is 9.79 Å². The number of esters is 1. The number of ether oxygens (including phenoxy) is 2. The van der Waals surface area contributed by atoms with Crippen LogP contribution < -0.4 is 4.74 Å². The van der Waals surface area contributed by atoms with Crippen LogP contribution in [0.4, 0.5) is 4.39 Å². The molecule has 0 saturated carbocycles. The third kappa shape index (κ3) is 6.98. The molecule has 0 N–H and O–H groups in total. The molecular weight excluding hydrogens is 591 g/mol. The number of β-lactam (4-membered cyclic amide) rings is 1. The number of carbonyl (C=O) groups is 2. The number of likely N-dealkylation sites (tertiary alicyclic amines) is 1. The number of nitrogens with zero attached hydrogens (tertiary/aromatic N) is 2. The van der Waals surface area contributed by atoms with Crippen molar-refractivity contribution in [3.8, 4) is 5.75 Å². The minimum absolute atomic E-state index is 0.0101. The van der Waals surface area contributed by atoms with Crippen molar-refractivity contribution in [3.63, 3.8) is 0 Å². The smallest absolute Gasteiger partial charge is 0.333 e. The molecule has 1 heterocycles. The van der Waals surface area contributed by atoms with Gasteiger partial charge in [0.1, 0.15) is 23.5 Å². The predicted octanol–water partition coefficient (Wildman–Crippen LogP) is 4.82. The first-order chi connectivity index (χ1) is 19.7. The number of benzene rings is 3. The fourth-order valence-electron chi connectivity index (χ4n) is 4.00. The van der Waals surface area contributed by atoms with Gasteiger partial charge in [-0.1, -0.05) is 55.1 Å². The first kappa shape index (κ1) is 30.3. The minimum Gasteiger partial charge on any atom is -0.497 e. The molecule has 0 spiro atoms. The first-order valence-corrected chi connectivity index (χ1v) is 15.7. The Labute approximate surface area is 246 Å². The molecule has 1 amide bonds. The Bertz CT molecular complexity index is 1550. The number of carbonyl (C=O) groups excluding carboxylic acids is 2. The van der Waals surface area contributed by atoms with E-state index in [-0.39, 0.29) is 28.5 Å². The van der Waals surface area contributed by atoms with Crippen molar-refractivity contribution in [2.75, 3.05) is 13.0 Å². The lowest BCUT2D eigenvalue weighted by Crippen LogP contribution is -2.68. The van der Waals surface area contributed by atoms with Gasteiger partial charge < -0.3 is 14.4 Å². The highest BCUT2D eigenvalue weighted by molar-refractivity contribution is 8.72. The second kappa shape index (κ2) is 13.3. The molecule has 1 aliphatic rings. The Kier molecular flexibility index (Phi) is 9.85. The molecule has 0 radical (unpaired) electrons. The molecule has 0 bridgehead atoms. The maximum atomic E-state index is 14.2. The summed E-state index contributed by atoms with van der Waals surface area (Å²) in [6.45, 7) is 3.72. The molecule has 3 aromatic rings. The van der Waals surface area contributed by atoms with Gasteiger partial charge in [0, 0.05) is 28.5 Å². The van der Waals surface area contributed by atoms with Crippen molar-refractivity contribution in [3.05, 3.63) is 108 Å². The summed E-state index contributed by atoms with van der Waals surface area (Å²) in [5.74, 6) is -1.62. The number of hydrogen-bond donors (Lipinski definition) is 0. The average Bonchev–Trinajstić information content (AvgIpc) is 2.99. The lowest BCUT2D eigenvalue weighted by molar-refractivity contribution is -0.161. The van der Waals surface area contributed by atoms with E-state index >= 15 is 0 Å². The number of methoxy groups -OCH3 is 1. The minimum atomic E-state index is -4.01. The van der Waals surface area contributed by atoms with Crippen LogP contribution in [0.15, 0.2) is 101 Å². The van der Waals surface area contributed by atoms with Crippen molar-refractivity contribution < 1.29 is 31.9 Å². The van der Waals surface area contributed by atoms with Gasteiger partial charge in [0.2, 0.25) is 8.87 Å². The number of halogens is 2. The maximum absolute atomic E-state index is 14.2. The summed E-state index contributed by atoms with van der Waals surface area (Å²) in [5, 5.41) is -1.16. The van der Waals surface area contributed by atoms with Crippen LogP contribution in [0.3, 0.4) is 0 Å². The molecule has 3 aromatic carbocycles. The molecule has 0 aliphatic carbocycles. The lowest BCUT2D eigenvalue weighted by atomic mass is 9.99. The van der Waals surface area contributed by atoms with Crippen molar-refractivity contribution >= 4 is 49.4 Å². The van der Waals surface area contributed by atoms with Crippen LogP contribution in [0.5, 0.6) is 5.75 Å². The summed E-state index contributed by atoms with van der Waals surface area (Å²) >= 11 is 6.03. The Balaban J connectivity index is 1.63. The summed E-state index contributed by atoms with van der Waals surface area (Å²) in [5.41, 5.74) is 0.919. The third-order valence-electron chi connectivity index (χ3n) is 6.19. The van der Waals surface area contributed by atoms with Crippen LogP contribution in [-0.4, -0.2) is 61.9 Å². The number of hydrogen-bond acceptors (Lipinski definition) is 8. The highest BCUT2D eigenvalue weighted by atomic mass is 35.5. The molecule has 8 nitrogen and oxygen atoms in total. The standard InChI is InChI=1S/C29H26ClFN2O6S2/c1-19(16-30)26(29(35)39-18-20-12-14-22(38-2)15-13-20)33-27(34)25(32-17-21-8-6-7-11-24(21)31)28(33)40-41(36,37)23-9-4-3-5-10-23/h3-15,17,25-26,28H,1,16,18H2,2H3. The van der Waals surface area contributed by atoms with Crippen LogP contribution in [0.1, 0.15) is 11.1 Å².